The van der Waals surface area contributed by atoms with E-state index in [1.54, 1.807) is 12.2 Å². The third-order valence-electron chi connectivity index (χ3n) is 3.25. The largest absolute Gasteiger partial charge is 0.459 e. The molecule has 1 aliphatic rings. The van der Waals surface area contributed by atoms with Crippen LogP contribution in [0, 0.1) is 0 Å². The van der Waals surface area contributed by atoms with E-state index >= 15 is 0 Å². The van der Waals surface area contributed by atoms with Gasteiger partial charge in [-0.3, -0.25) is 0 Å². The second-order valence-corrected chi connectivity index (χ2v) is 4.86. The zero-order chi connectivity index (χ0) is 16.1. The number of benzene rings is 1. The number of aliphatic hydroxyl groups excluding tert-OH is 4. The minimum atomic E-state index is -1.77. The van der Waals surface area contributed by atoms with Gasteiger partial charge in [0, 0.05) is 0 Å². The molecule has 0 amide bonds. The van der Waals surface area contributed by atoms with E-state index in [4.69, 9.17) is 9.47 Å². The van der Waals surface area contributed by atoms with E-state index in [1.165, 1.54) is 0 Å². The molecule has 1 saturated heterocycles. The van der Waals surface area contributed by atoms with Gasteiger partial charge in [0.05, 0.1) is 0 Å². The lowest BCUT2D eigenvalue weighted by atomic mass is 9.99. The molecule has 0 bridgehead atoms. The summed E-state index contributed by atoms with van der Waals surface area (Å²) in [5, 5.41) is 37.8. The zero-order valence-corrected chi connectivity index (χ0v) is 11.6. The standard InChI is InChI=1S/C15H18O7/c16-10-11(17)13(22-14(19)12(10)18)15(20)21-8-4-7-9-5-2-1-3-6-9/h1-7,10-14,16-19H,8H2/b7-4+/t10-,11-,12+,13-,14+/m0/s1. The molecule has 0 unspecified atom stereocenters. The average Bonchev–Trinajstić information content (AvgIpc) is 2.53. The van der Waals surface area contributed by atoms with Gasteiger partial charge in [0.15, 0.2) is 12.4 Å². The van der Waals surface area contributed by atoms with Gasteiger partial charge in [0.1, 0.15) is 24.9 Å². The predicted octanol–water partition coefficient (Wildman–Crippen LogP) is -0.957. The van der Waals surface area contributed by atoms with Gasteiger partial charge in [-0.05, 0) is 11.6 Å². The van der Waals surface area contributed by atoms with Crippen molar-refractivity contribution in [2.75, 3.05) is 6.61 Å². The lowest BCUT2D eigenvalue weighted by Gasteiger charge is -2.36. The highest BCUT2D eigenvalue weighted by Crippen LogP contribution is 2.20. The highest BCUT2D eigenvalue weighted by Gasteiger charge is 2.46. The number of esters is 1. The quantitative estimate of drug-likeness (QED) is 0.529. The molecule has 7 heteroatoms. The Morgan fingerprint density at radius 2 is 1.77 bits per heavy atom. The molecule has 120 valence electrons. The van der Waals surface area contributed by atoms with Crippen LogP contribution in [0.2, 0.25) is 0 Å². The van der Waals surface area contributed by atoms with E-state index in [2.05, 4.69) is 0 Å². The number of carbonyl (C=O) groups is 1. The highest BCUT2D eigenvalue weighted by atomic mass is 16.7. The summed E-state index contributed by atoms with van der Waals surface area (Å²) in [6, 6.07) is 9.36. The van der Waals surface area contributed by atoms with Gasteiger partial charge in [-0.2, -0.15) is 0 Å². The summed E-state index contributed by atoms with van der Waals surface area (Å²) in [5.41, 5.74) is 0.932. The van der Waals surface area contributed by atoms with Crippen LogP contribution in [-0.4, -0.2) is 63.7 Å². The van der Waals surface area contributed by atoms with Crippen LogP contribution < -0.4 is 0 Å². The number of hydrogen-bond acceptors (Lipinski definition) is 7. The Morgan fingerprint density at radius 3 is 2.45 bits per heavy atom. The molecule has 1 fully saturated rings. The molecule has 4 N–H and O–H groups in total. The second kappa shape index (κ2) is 7.48. The van der Waals surface area contributed by atoms with Gasteiger partial charge in [-0.1, -0.05) is 36.4 Å². The minimum absolute atomic E-state index is 0.0605. The normalized spacial score (nSPS) is 32.1. The lowest BCUT2D eigenvalue weighted by Crippen LogP contribution is -2.59. The van der Waals surface area contributed by atoms with E-state index in [0.717, 1.165) is 5.56 Å². The topological polar surface area (TPSA) is 116 Å². The molecule has 0 saturated carbocycles. The molecule has 0 aliphatic carbocycles. The van der Waals surface area contributed by atoms with Crippen molar-refractivity contribution in [2.24, 2.45) is 0 Å². The van der Waals surface area contributed by atoms with E-state index < -0.39 is 36.7 Å². The summed E-state index contributed by atoms with van der Waals surface area (Å²) < 4.78 is 9.65. The number of aliphatic hydroxyl groups is 4. The molecule has 1 aromatic carbocycles. The van der Waals surface area contributed by atoms with E-state index in [1.807, 2.05) is 30.3 Å². The lowest BCUT2D eigenvalue weighted by molar-refractivity contribution is -0.280. The first kappa shape index (κ1) is 16.6. The fraction of sp³-hybridized carbons (Fsp3) is 0.400. The average molecular weight is 310 g/mol. The summed E-state index contributed by atoms with van der Waals surface area (Å²) in [6.07, 6.45) is -5.03. The molecular weight excluding hydrogens is 292 g/mol. The third kappa shape index (κ3) is 3.90. The van der Waals surface area contributed by atoms with Crippen LogP contribution in [0.15, 0.2) is 36.4 Å². The van der Waals surface area contributed by atoms with Crippen molar-refractivity contribution in [3.05, 3.63) is 42.0 Å². The van der Waals surface area contributed by atoms with Gasteiger partial charge in [0.25, 0.3) is 0 Å². The molecule has 7 nitrogen and oxygen atoms in total. The van der Waals surface area contributed by atoms with E-state index in [-0.39, 0.29) is 6.61 Å². The smallest absolute Gasteiger partial charge is 0.338 e. The first-order valence-corrected chi connectivity index (χ1v) is 6.76. The van der Waals surface area contributed by atoms with Crippen LogP contribution in [0.5, 0.6) is 0 Å². The Morgan fingerprint density at radius 1 is 1.09 bits per heavy atom. The van der Waals surface area contributed by atoms with Crippen molar-refractivity contribution < 1.29 is 34.7 Å². The number of ether oxygens (including phenoxy) is 2. The van der Waals surface area contributed by atoms with Crippen LogP contribution in [0.3, 0.4) is 0 Å². The van der Waals surface area contributed by atoms with Crippen molar-refractivity contribution in [3.63, 3.8) is 0 Å². The number of rotatable bonds is 4. The van der Waals surface area contributed by atoms with Crippen LogP contribution in [0.25, 0.3) is 6.08 Å². The van der Waals surface area contributed by atoms with Gasteiger partial charge >= 0.3 is 5.97 Å². The van der Waals surface area contributed by atoms with Crippen LogP contribution >= 0.6 is 0 Å². The zero-order valence-electron chi connectivity index (χ0n) is 11.6. The Hall–Kier alpha value is -1.77. The predicted molar refractivity (Wildman–Crippen MR) is 75.3 cm³/mol. The number of carbonyl (C=O) groups excluding carboxylic acids is 1. The highest BCUT2D eigenvalue weighted by molar-refractivity contribution is 5.76. The molecule has 0 spiro atoms. The summed E-state index contributed by atoms with van der Waals surface area (Å²) in [7, 11) is 0. The number of hydrogen-bond donors (Lipinski definition) is 4. The maximum absolute atomic E-state index is 11.8. The molecule has 0 aromatic heterocycles. The van der Waals surface area contributed by atoms with Gasteiger partial charge in [-0.25, -0.2) is 4.79 Å². The van der Waals surface area contributed by atoms with Crippen LogP contribution in [0.1, 0.15) is 5.56 Å². The molecule has 22 heavy (non-hydrogen) atoms. The van der Waals surface area contributed by atoms with Crippen molar-refractivity contribution in [3.8, 4) is 0 Å². The second-order valence-electron chi connectivity index (χ2n) is 4.86. The Labute approximate surface area is 127 Å². The monoisotopic (exact) mass is 310 g/mol. The molecule has 1 aromatic rings. The summed E-state index contributed by atoms with van der Waals surface area (Å²) in [4.78, 5) is 11.8. The minimum Gasteiger partial charge on any atom is -0.459 e. The van der Waals surface area contributed by atoms with Crippen molar-refractivity contribution >= 4 is 12.0 Å². The van der Waals surface area contributed by atoms with Gasteiger partial charge in [0.2, 0.25) is 0 Å². The summed E-state index contributed by atoms with van der Waals surface area (Å²) >= 11 is 0. The summed E-state index contributed by atoms with van der Waals surface area (Å²) in [5.74, 6) is -0.935. The van der Waals surface area contributed by atoms with Crippen LogP contribution in [-0.2, 0) is 14.3 Å². The fourth-order valence-electron chi connectivity index (χ4n) is 2.02. The van der Waals surface area contributed by atoms with Gasteiger partial charge in [-0.15, -0.1) is 0 Å². The van der Waals surface area contributed by atoms with Crippen LogP contribution in [0.4, 0.5) is 0 Å². The Kier molecular flexibility index (Phi) is 5.64. The fourth-order valence-corrected chi connectivity index (χ4v) is 2.02. The van der Waals surface area contributed by atoms with E-state index in [9.17, 15) is 25.2 Å². The third-order valence-corrected chi connectivity index (χ3v) is 3.25. The molecular formula is C15H18O7. The molecule has 1 aliphatic heterocycles. The Bertz CT molecular complexity index is 516. The van der Waals surface area contributed by atoms with Gasteiger partial charge < -0.3 is 29.9 Å². The van der Waals surface area contributed by atoms with E-state index in [0.29, 0.717) is 0 Å². The maximum Gasteiger partial charge on any atom is 0.338 e. The summed E-state index contributed by atoms with van der Waals surface area (Å²) in [6.45, 7) is -0.0605. The van der Waals surface area contributed by atoms with Crippen molar-refractivity contribution in [1.82, 2.24) is 0 Å². The van der Waals surface area contributed by atoms with Crippen molar-refractivity contribution in [1.29, 1.82) is 0 Å². The van der Waals surface area contributed by atoms with Crippen molar-refractivity contribution in [2.45, 2.75) is 30.7 Å². The molecule has 2 rings (SSSR count). The molecule has 5 atom stereocenters. The Balaban J connectivity index is 1.85. The molecule has 1 heterocycles. The molecule has 0 radical (unpaired) electrons. The SMILES string of the molecule is O=C(OC/C=C/c1ccccc1)[C@H]1O[C@@H](O)[C@H](O)[C@@H](O)[C@@H]1O. The first-order valence-electron chi connectivity index (χ1n) is 6.76. The first-order chi connectivity index (χ1) is 10.5. The maximum atomic E-state index is 11.8.